The normalized spacial score (nSPS) is 22.0. The average molecular weight is 466 g/mol. The molecule has 2 heterocycles. The lowest BCUT2D eigenvalue weighted by atomic mass is 9.93. The third-order valence-corrected chi connectivity index (χ3v) is 7.22. The summed E-state index contributed by atoms with van der Waals surface area (Å²) in [5.41, 5.74) is 0.347. The van der Waals surface area contributed by atoms with Crippen LogP contribution >= 0.6 is 34.5 Å². The molecule has 0 radical (unpaired) electrons. The minimum Gasteiger partial charge on any atom is -0.507 e. The Bertz CT molecular complexity index is 989. The van der Waals surface area contributed by atoms with Crippen LogP contribution in [0.1, 0.15) is 48.6 Å². The summed E-state index contributed by atoms with van der Waals surface area (Å²) in [6.45, 7) is 0. The van der Waals surface area contributed by atoms with Gasteiger partial charge in [0.15, 0.2) is 5.75 Å². The van der Waals surface area contributed by atoms with Crippen LogP contribution in [-0.4, -0.2) is 34.8 Å². The summed E-state index contributed by atoms with van der Waals surface area (Å²) in [6, 6.07) is 6.10. The molecule has 1 N–H and O–H groups in total. The van der Waals surface area contributed by atoms with Crippen molar-refractivity contribution >= 4 is 52.0 Å². The van der Waals surface area contributed by atoms with Crippen LogP contribution in [0.2, 0.25) is 10.0 Å². The highest BCUT2D eigenvalue weighted by Crippen LogP contribution is 2.45. The fourth-order valence-corrected chi connectivity index (χ4v) is 5.83. The number of methoxy groups -OCH3 is 1. The zero-order chi connectivity index (χ0) is 21.4. The van der Waals surface area contributed by atoms with E-state index in [2.05, 4.69) is 0 Å². The molecule has 2 aromatic rings. The molecule has 0 bridgehead atoms. The highest BCUT2D eigenvalue weighted by atomic mass is 35.5. The molecule has 0 spiro atoms. The second-order valence-corrected chi connectivity index (χ2v) is 9.28. The van der Waals surface area contributed by atoms with E-state index in [0.717, 1.165) is 37.0 Å². The molecular formula is C22H21Cl2NO4S. The van der Waals surface area contributed by atoms with E-state index in [9.17, 15) is 14.7 Å². The molecule has 1 amide bonds. The fraction of sp³-hybridized carbons (Fsp3) is 0.364. The van der Waals surface area contributed by atoms with Gasteiger partial charge in [-0.3, -0.25) is 9.59 Å². The maximum atomic E-state index is 13.1. The molecule has 158 valence electrons. The summed E-state index contributed by atoms with van der Waals surface area (Å²) in [5.74, 6) is -1.24. The van der Waals surface area contributed by atoms with Gasteiger partial charge in [0, 0.05) is 16.5 Å². The van der Waals surface area contributed by atoms with Gasteiger partial charge in [0.25, 0.3) is 11.7 Å². The number of carbonyl (C=O) groups is 2. The Morgan fingerprint density at radius 3 is 2.40 bits per heavy atom. The second-order valence-electron chi connectivity index (χ2n) is 7.49. The van der Waals surface area contributed by atoms with Gasteiger partial charge in [-0.15, -0.1) is 11.3 Å². The molecule has 2 fully saturated rings. The number of amides is 1. The van der Waals surface area contributed by atoms with E-state index in [1.165, 1.54) is 30.6 Å². The lowest BCUT2D eigenvalue weighted by Gasteiger charge is -2.34. The number of thiophene rings is 1. The highest BCUT2D eigenvalue weighted by molar-refractivity contribution is 7.10. The number of ether oxygens (including phenoxy) is 1. The van der Waals surface area contributed by atoms with Crippen molar-refractivity contribution in [3.63, 3.8) is 0 Å². The van der Waals surface area contributed by atoms with Crippen LogP contribution in [0.15, 0.2) is 35.2 Å². The molecule has 8 heteroatoms. The monoisotopic (exact) mass is 465 g/mol. The number of hydrogen-bond acceptors (Lipinski definition) is 5. The van der Waals surface area contributed by atoms with Crippen LogP contribution in [0.25, 0.3) is 5.76 Å². The first-order valence-corrected chi connectivity index (χ1v) is 11.4. The first-order chi connectivity index (χ1) is 14.4. The van der Waals surface area contributed by atoms with Crippen LogP contribution in [0.4, 0.5) is 0 Å². The van der Waals surface area contributed by atoms with Crippen molar-refractivity contribution in [2.45, 2.75) is 44.2 Å². The Kier molecular flexibility index (Phi) is 6.09. The molecule has 1 aromatic heterocycles. The number of nitrogens with zero attached hydrogens (tertiary/aromatic N) is 1. The first-order valence-electron chi connectivity index (χ1n) is 9.81. The number of aliphatic hydroxyl groups is 1. The number of carbonyl (C=O) groups excluding carboxylic acids is 2. The number of halogens is 2. The van der Waals surface area contributed by atoms with E-state index in [1.807, 2.05) is 17.5 Å². The third kappa shape index (κ3) is 3.61. The number of benzene rings is 1. The maximum Gasteiger partial charge on any atom is 0.295 e. The summed E-state index contributed by atoms with van der Waals surface area (Å²) < 4.78 is 5.16. The Labute approximate surface area is 188 Å². The average Bonchev–Trinajstić information content (AvgIpc) is 3.35. The lowest BCUT2D eigenvalue weighted by molar-refractivity contribution is -0.141. The first kappa shape index (κ1) is 21.2. The highest BCUT2D eigenvalue weighted by Gasteiger charge is 2.49. The van der Waals surface area contributed by atoms with E-state index in [1.54, 1.807) is 4.90 Å². The standard InChI is InChI=1S/C22H21Cl2NO4S/c1-29-21-14(23)10-12(11-15(21)24)19(26)17-18(16-8-5-9-30-16)25(22(28)20(17)27)13-6-3-2-4-7-13/h5,8-11,13,18,26H,2-4,6-7H2,1H3/b19-17-. The van der Waals surface area contributed by atoms with E-state index in [-0.39, 0.29) is 38.7 Å². The van der Waals surface area contributed by atoms with Gasteiger partial charge in [-0.05, 0) is 36.4 Å². The van der Waals surface area contributed by atoms with Crippen LogP contribution < -0.4 is 4.74 Å². The number of Topliss-reactive ketones (excluding diaryl/α,β-unsaturated/α-hetero) is 1. The number of hydrogen-bond donors (Lipinski definition) is 1. The molecule has 1 unspecified atom stereocenters. The molecule has 1 aromatic carbocycles. The predicted octanol–water partition coefficient (Wildman–Crippen LogP) is 5.82. The zero-order valence-corrected chi connectivity index (χ0v) is 18.7. The van der Waals surface area contributed by atoms with Crippen LogP contribution in [0.3, 0.4) is 0 Å². The summed E-state index contributed by atoms with van der Waals surface area (Å²) >= 11 is 13.9. The largest absolute Gasteiger partial charge is 0.507 e. The molecule has 30 heavy (non-hydrogen) atoms. The summed E-state index contributed by atoms with van der Waals surface area (Å²) in [4.78, 5) is 28.6. The minimum atomic E-state index is -0.681. The van der Waals surface area contributed by atoms with Crippen molar-refractivity contribution < 1.29 is 19.4 Å². The molecule has 5 nitrogen and oxygen atoms in total. The van der Waals surface area contributed by atoms with Gasteiger partial charge in [-0.1, -0.05) is 48.5 Å². The SMILES string of the molecule is COc1c(Cl)cc(/C(O)=C2/C(=O)C(=O)N(C3CCCCC3)C2c2cccs2)cc1Cl. The summed E-state index contributed by atoms with van der Waals surface area (Å²) in [6.07, 6.45) is 4.89. The Hall–Kier alpha value is -2.02. The van der Waals surface area contributed by atoms with Crippen molar-refractivity contribution in [3.05, 3.63) is 55.7 Å². The van der Waals surface area contributed by atoms with Gasteiger partial charge in [-0.25, -0.2) is 0 Å². The van der Waals surface area contributed by atoms with E-state index in [4.69, 9.17) is 27.9 Å². The number of aliphatic hydroxyl groups excluding tert-OH is 1. The van der Waals surface area contributed by atoms with Gasteiger partial charge in [-0.2, -0.15) is 0 Å². The van der Waals surface area contributed by atoms with E-state index >= 15 is 0 Å². The summed E-state index contributed by atoms with van der Waals surface area (Å²) in [5, 5.41) is 13.5. The number of ketones is 1. The Morgan fingerprint density at radius 1 is 1.17 bits per heavy atom. The van der Waals surface area contributed by atoms with Gasteiger partial charge < -0.3 is 14.7 Å². The molecule has 1 saturated heterocycles. The number of likely N-dealkylation sites (tertiary alicyclic amines) is 1. The fourth-order valence-electron chi connectivity index (χ4n) is 4.36. The van der Waals surface area contributed by atoms with Crippen LogP contribution in [-0.2, 0) is 9.59 Å². The van der Waals surface area contributed by atoms with Gasteiger partial charge in [0.1, 0.15) is 5.76 Å². The van der Waals surface area contributed by atoms with Crippen molar-refractivity contribution in [1.82, 2.24) is 4.90 Å². The van der Waals surface area contributed by atoms with Crippen molar-refractivity contribution in [3.8, 4) is 5.75 Å². The topological polar surface area (TPSA) is 66.8 Å². The summed E-state index contributed by atoms with van der Waals surface area (Å²) in [7, 11) is 1.44. The number of rotatable bonds is 4. The zero-order valence-electron chi connectivity index (χ0n) is 16.4. The second kappa shape index (κ2) is 8.61. The van der Waals surface area contributed by atoms with Crippen LogP contribution in [0, 0.1) is 0 Å². The molecule has 1 aliphatic carbocycles. The Morgan fingerprint density at radius 2 is 1.83 bits per heavy atom. The quantitative estimate of drug-likeness (QED) is 0.351. The van der Waals surface area contributed by atoms with Gasteiger partial charge in [0.05, 0.1) is 28.8 Å². The van der Waals surface area contributed by atoms with Gasteiger partial charge in [0.2, 0.25) is 0 Å². The predicted molar refractivity (Wildman–Crippen MR) is 118 cm³/mol. The van der Waals surface area contributed by atoms with E-state index < -0.39 is 17.7 Å². The third-order valence-electron chi connectivity index (χ3n) is 5.74. The molecule has 4 rings (SSSR count). The van der Waals surface area contributed by atoms with Crippen molar-refractivity contribution in [2.75, 3.05) is 7.11 Å². The van der Waals surface area contributed by atoms with Crippen LogP contribution in [0.5, 0.6) is 5.75 Å². The molecule has 2 aliphatic rings. The molecule has 1 saturated carbocycles. The molecule has 1 atom stereocenters. The Balaban J connectivity index is 1.86. The molecule has 1 aliphatic heterocycles. The maximum absolute atomic E-state index is 13.1. The minimum absolute atomic E-state index is 0.0179. The smallest absolute Gasteiger partial charge is 0.295 e. The van der Waals surface area contributed by atoms with Gasteiger partial charge >= 0.3 is 0 Å². The van der Waals surface area contributed by atoms with Crippen molar-refractivity contribution in [1.29, 1.82) is 0 Å². The van der Waals surface area contributed by atoms with Crippen molar-refractivity contribution in [2.24, 2.45) is 0 Å². The molecular weight excluding hydrogens is 445 g/mol. The lowest BCUT2D eigenvalue weighted by Crippen LogP contribution is -2.40. The van der Waals surface area contributed by atoms with E-state index in [0.29, 0.717) is 0 Å².